The number of halogens is 5. The highest BCUT2D eigenvalue weighted by molar-refractivity contribution is 5.87. The molecule has 35 heavy (non-hydrogen) atoms. The number of hydrogen-bond donors (Lipinski definition) is 0. The van der Waals surface area contributed by atoms with E-state index in [0.717, 1.165) is 24.1 Å². The Hall–Kier alpha value is -3.75. The Kier molecular flexibility index (Phi) is 7.14. The standard InChI is InChI=1S/C26H21F5N2O2/c1-2-11-34-20-14-32-25(33-15-20)19-8-9-21-18(13-19)7-6-17(24(21)28)5-3-16-4-10-23(22(27)12-16)35-26(29,30)31/h4,6-10,12-15H,2-3,5,11H2,1H3. The molecule has 0 bridgehead atoms. The van der Waals surface area contributed by atoms with Crippen LogP contribution < -0.4 is 9.47 Å². The fourth-order valence-corrected chi connectivity index (χ4v) is 3.62. The summed E-state index contributed by atoms with van der Waals surface area (Å²) in [6.45, 7) is 2.58. The molecule has 0 radical (unpaired) electrons. The van der Waals surface area contributed by atoms with Crippen LogP contribution in [0.25, 0.3) is 22.2 Å². The third-order valence-electron chi connectivity index (χ3n) is 5.30. The molecule has 1 aromatic heterocycles. The summed E-state index contributed by atoms with van der Waals surface area (Å²) in [6.07, 6.45) is -0.434. The van der Waals surface area contributed by atoms with Crippen molar-refractivity contribution in [3.8, 4) is 22.9 Å². The lowest BCUT2D eigenvalue weighted by atomic mass is 9.99. The van der Waals surface area contributed by atoms with E-state index in [1.807, 2.05) is 6.92 Å². The number of ether oxygens (including phenoxy) is 2. The molecule has 0 fully saturated rings. The van der Waals surface area contributed by atoms with Gasteiger partial charge in [-0.1, -0.05) is 37.3 Å². The van der Waals surface area contributed by atoms with Crippen LogP contribution in [0.15, 0.2) is 60.9 Å². The molecule has 182 valence electrons. The molecule has 4 aromatic rings. The Morgan fingerprint density at radius 3 is 2.34 bits per heavy atom. The van der Waals surface area contributed by atoms with E-state index in [1.165, 1.54) is 6.07 Å². The van der Waals surface area contributed by atoms with Crippen molar-refractivity contribution in [1.82, 2.24) is 9.97 Å². The number of aromatic nitrogens is 2. The van der Waals surface area contributed by atoms with E-state index in [2.05, 4.69) is 14.7 Å². The summed E-state index contributed by atoms with van der Waals surface area (Å²) < 4.78 is 75.1. The molecule has 0 N–H and O–H groups in total. The van der Waals surface area contributed by atoms with Gasteiger partial charge in [-0.25, -0.2) is 18.7 Å². The fourth-order valence-electron chi connectivity index (χ4n) is 3.62. The van der Waals surface area contributed by atoms with Crippen molar-refractivity contribution in [3.05, 3.63) is 83.7 Å². The maximum Gasteiger partial charge on any atom is 0.573 e. The molecule has 0 spiro atoms. The Morgan fingerprint density at radius 2 is 1.66 bits per heavy atom. The van der Waals surface area contributed by atoms with Crippen LogP contribution in [-0.2, 0) is 12.8 Å². The second-order valence-electron chi connectivity index (χ2n) is 7.88. The Bertz CT molecular complexity index is 1320. The van der Waals surface area contributed by atoms with Gasteiger partial charge in [0.1, 0.15) is 5.82 Å². The molecule has 4 rings (SSSR count). The second-order valence-corrected chi connectivity index (χ2v) is 7.88. The number of aryl methyl sites for hydroxylation is 2. The monoisotopic (exact) mass is 488 g/mol. The minimum Gasteiger partial charge on any atom is -0.490 e. The molecule has 0 saturated heterocycles. The normalized spacial score (nSPS) is 11.6. The van der Waals surface area contributed by atoms with Gasteiger partial charge in [0, 0.05) is 10.9 Å². The van der Waals surface area contributed by atoms with Crippen molar-refractivity contribution in [3.63, 3.8) is 0 Å². The van der Waals surface area contributed by atoms with Gasteiger partial charge in [-0.15, -0.1) is 13.2 Å². The summed E-state index contributed by atoms with van der Waals surface area (Å²) in [6, 6.07) is 11.8. The van der Waals surface area contributed by atoms with E-state index in [4.69, 9.17) is 4.74 Å². The summed E-state index contributed by atoms with van der Waals surface area (Å²) >= 11 is 0. The highest BCUT2D eigenvalue weighted by atomic mass is 19.4. The zero-order chi connectivity index (χ0) is 25.0. The van der Waals surface area contributed by atoms with Crippen molar-refractivity contribution >= 4 is 10.8 Å². The van der Waals surface area contributed by atoms with Crippen molar-refractivity contribution in [1.29, 1.82) is 0 Å². The Labute approximate surface area is 198 Å². The molecule has 0 saturated carbocycles. The van der Waals surface area contributed by atoms with Gasteiger partial charge in [0.15, 0.2) is 23.1 Å². The van der Waals surface area contributed by atoms with Crippen LogP contribution in [-0.4, -0.2) is 22.9 Å². The van der Waals surface area contributed by atoms with Gasteiger partial charge in [-0.05, 0) is 54.0 Å². The van der Waals surface area contributed by atoms with Crippen LogP contribution in [0.2, 0.25) is 0 Å². The lowest BCUT2D eigenvalue weighted by Gasteiger charge is -2.11. The van der Waals surface area contributed by atoms with E-state index in [0.29, 0.717) is 40.1 Å². The van der Waals surface area contributed by atoms with Gasteiger partial charge in [0.2, 0.25) is 0 Å². The van der Waals surface area contributed by atoms with Gasteiger partial charge in [-0.3, -0.25) is 0 Å². The summed E-state index contributed by atoms with van der Waals surface area (Å²) in [5.74, 6) is -1.37. The topological polar surface area (TPSA) is 44.2 Å². The molecule has 4 nitrogen and oxygen atoms in total. The number of alkyl halides is 3. The summed E-state index contributed by atoms with van der Waals surface area (Å²) in [5, 5.41) is 1.08. The minimum atomic E-state index is -4.98. The number of rotatable bonds is 8. The van der Waals surface area contributed by atoms with Crippen molar-refractivity contribution in [2.24, 2.45) is 0 Å². The summed E-state index contributed by atoms with van der Waals surface area (Å²) in [5.41, 5.74) is 1.56. The highest BCUT2D eigenvalue weighted by Gasteiger charge is 2.32. The summed E-state index contributed by atoms with van der Waals surface area (Å²) in [4.78, 5) is 8.63. The zero-order valence-electron chi connectivity index (χ0n) is 18.7. The molecule has 0 aliphatic rings. The van der Waals surface area contributed by atoms with Crippen LogP contribution >= 0.6 is 0 Å². The minimum absolute atomic E-state index is 0.240. The molecule has 9 heteroatoms. The van der Waals surface area contributed by atoms with Crippen LogP contribution in [0.3, 0.4) is 0 Å². The van der Waals surface area contributed by atoms with Gasteiger partial charge >= 0.3 is 6.36 Å². The average molecular weight is 488 g/mol. The van der Waals surface area contributed by atoms with Crippen molar-refractivity contribution in [2.45, 2.75) is 32.5 Å². The molecule has 3 aromatic carbocycles. The SMILES string of the molecule is CCCOc1cnc(-c2ccc3c(F)c(CCc4ccc(OC(F)(F)F)c(F)c4)ccc3c2)nc1. The molecule has 0 atom stereocenters. The first-order valence-corrected chi connectivity index (χ1v) is 10.9. The van der Waals surface area contributed by atoms with E-state index in [9.17, 15) is 17.6 Å². The first-order chi connectivity index (χ1) is 16.7. The Balaban J connectivity index is 1.48. The third-order valence-corrected chi connectivity index (χ3v) is 5.30. The predicted molar refractivity (Wildman–Crippen MR) is 121 cm³/mol. The maximum absolute atomic E-state index is 15.1. The molecular weight excluding hydrogens is 467 g/mol. The quantitative estimate of drug-likeness (QED) is 0.249. The number of nitrogens with zero attached hydrogens (tertiary/aromatic N) is 2. The van der Waals surface area contributed by atoms with Crippen molar-refractivity contribution in [2.75, 3.05) is 6.61 Å². The van der Waals surface area contributed by atoms with Crippen LogP contribution in [0.4, 0.5) is 22.0 Å². The predicted octanol–water partition coefficient (Wildman–Crippen LogP) is 7.05. The summed E-state index contributed by atoms with van der Waals surface area (Å²) in [7, 11) is 0. The molecule has 0 aliphatic carbocycles. The number of fused-ring (bicyclic) bond motifs is 1. The largest absolute Gasteiger partial charge is 0.573 e. The van der Waals surface area contributed by atoms with Gasteiger partial charge in [0.25, 0.3) is 0 Å². The lowest BCUT2D eigenvalue weighted by Crippen LogP contribution is -2.18. The third kappa shape index (κ3) is 6.03. The molecule has 0 amide bonds. The zero-order valence-corrected chi connectivity index (χ0v) is 18.7. The maximum atomic E-state index is 15.1. The van der Waals surface area contributed by atoms with Gasteiger partial charge in [0.05, 0.1) is 19.0 Å². The lowest BCUT2D eigenvalue weighted by molar-refractivity contribution is -0.275. The first-order valence-electron chi connectivity index (χ1n) is 10.9. The fraction of sp³-hybridized carbons (Fsp3) is 0.231. The van der Waals surface area contributed by atoms with E-state index in [1.54, 1.807) is 42.7 Å². The molecule has 0 unspecified atom stereocenters. The van der Waals surface area contributed by atoms with Crippen LogP contribution in [0, 0.1) is 11.6 Å². The average Bonchev–Trinajstić information content (AvgIpc) is 2.83. The first kappa shape index (κ1) is 24.4. The van der Waals surface area contributed by atoms with Crippen molar-refractivity contribution < 1.29 is 31.4 Å². The molecule has 0 aliphatic heterocycles. The number of benzene rings is 3. The molecular formula is C26H21F5N2O2. The smallest absolute Gasteiger partial charge is 0.490 e. The van der Waals surface area contributed by atoms with Gasteiger partial charge in [-0.2, -0.15) is 0 Å². The van der Waals surface area contributed by atoms with E-state index < -0.39 is 23.7 Å². The number of hydrogen-bond acceptors (Lipinski definition) is 4. The highest BCUT2D eigenvalue weighted by Crippen LogP contribution is 2.29. The molecule has 1 heterocycles. The van der Waals surface area contributed by atoms with Crippen LogP contribution in [0.1, 0.15) is 24.5 Å². The van der Waals surface area contributed by atoms with E-state index >= 15 is 4.39 Å². The second kappa shape index (κ2) is 10.2. The van der Waals surface area contributed by atoms with Crippen LogP contribution in [0.5, 0.6) is 11.5 Å². The van der Waals surface area contributed by atoms with E-state index in [-0.39, 0.29) is 12.8 Å². The Morgan fingerprint density at radius 1 is 0.886 bits per heavy atom. The van der Waals surface area contributed by atoms with Gasteiger partial charge < -0.3 is 9.47 Å².